The van der Waals surface area contributed by atoms with Gasteiger partial charge < -0.3 is 9.47 Å². The summed E-state index contributed by atoms with van der Waals surface area (Å²) in [5, 5.41) is 4.47. The van der Waals surface area contributed by atoms with Crippen LogP contribution in [-0.4, -0.2) is 23.1 Å². The lowest BCUT2D eigenvalue weighted by Crippen LogP contribution is -2.54. The molecular weight excluding hydrogens is 993 g/mol. The Kier molecular flexibility index (Phi) is 14.1. The minimum Gasteiger partial charge on any atom is -0.459 e. The van der Waals surface area contributed by atoms with Gasteiger partial charge in [-0.05, 0) is 189 Å². The first-order valence-electron chi connectivity index (χ1n) is 24.9. The molecule has 0 spiro atoms. The fraction of sp³-hybridized carbons (Fsp3) is 0.344. The van der Waals surface area contributed by atoms with E-state index in [0.717, 1.165) is 59.8 Å². The van der Waals surface area contributed by atoms with E-state index in [0.29, 0.717) is 17.4 Å². The monoisotopic (exact) mass is 1060 g/mol. The van der Waals surface area contributed by atoms with E-state index in [4.69, 9.17) is 9.47 Å². The first kappa shape index (κ1) is 51.1. The molecule has 1 atom stereocenters. The van der Waals surface area contributed by atoms with Crippen LogP contribution in [0, 0.1) is 0 Å². The Balaban J connectivity index is 1.34. The molecule has 0 saturated carbocycles. The molecule has 0 N–H and O–H groups in total. The van der Waals surface area contributed by atoms with E-state index in [1.54, 1.807) is 0 Å². The van der Waals surface area contributed by atoms with Crippen molar-refractivity contribution in [3.8, 4) is 33.4 Å². The maximum absolute atomic E-state index is 15.7. The molecule has 0 radical (unpaired) electrons. The number of esters is 2. The normalized spacial score (nSPS) is 14.8. The number of hydrogen-bond donors (Lipinski definition) is 0. The van der Waals surface area contributed by atoms with E-state index in [1.165, 1.54) is 37.5 Å². The van der Waals surface area contributed by atoms with Crippen molar-refractivity contribution < 1.29 is 19.1 Å². The standard InChI is InChI=1S/C64H68Br2O4/c1-36(2)51-32-47(33-52(37(3)4)58(51)65)43-24-23-41-17-15-19-49(55(41)31-43)44-25-21-40-22-26-45(30-46(40)29-44)50-20-16-18-42-27-28-56(48-34-53(38(5)6)59(66)54(35-48)39(7)8)64(57(42)50,60(67)69-62(9,10)11)61(68)70-63(12,13)14/h15-39,56H,1-14H3. The number of allylic oxidation sites excluding steroid dienone is 1. The molecule has 1 aliphatic rings. The molecule has 8 rings (SSSR count). The zero-order chi connectivity index (χ0) is 50.8. The molecule has 4 nitrogen and oxygen atoms in total. The van der Waals surface area contributed by atoms with Crippen molar-refractivity contribution in [2.75, 3.05) is 0 Å². The molecule has 0 aromatic heterocycles. The molecule has 0 aliphatic heterocycles. The fourth-order valence-electron chi connectivity index (χ4n) is 10.2. The first-order valence-corrected chi connectivity index (χ1v) is 26.5. The van der Waals surface area contributed by atoms with Crippen LogP contribution in [0.2, 0.25) is 0 Å². The Bertz CT molecular complexity index is 3120. The minimum absolute atomic E-state index is 0.167. The topological polar surface area (TPSA) is 52.6 Å². The highest BCUT2D eigenvalue weighted by molar-refractivity contribution is 9.11. The van der Waals surface area contributed by atoms with Gasteiger partial charge in [-0.2, -0.15) is 0 Å². The molecule has 362 valence electrons. The van der Waals surface area contributed by atoms with Gasteiger partial charge in [0.1, 0.15) is 11.2 Å². The number of hydrogen-bond acceptors (Lipinski definition) is 4. The third-order valence-corrected chi connectivity index (χ3v) is 15.5. The number of benzene rings is 7. The van der Waals surface area contributed by atoms with Gasteiger partial charge in [0.15, 0.2) is 0 Å². The Morgan fingerprint density at radius 1 is 0.500 bits per heavy atom. The average Bonchev–Trinajstić information content (AvgIpc) is 3.28. The fourth-order valence-corrected chi connectivity index (χ4v) is 12.5. The van der Waals surface area contributed by atoms with Crippen molar-refractivity contribution >= 4 is 71.4 Å². The summed E-state index contributed by atoms with van der Waals surface area (Å²) in [5.41, 5.74) is 9.60. The second-order valence-electron chi connectivity index (χ2n) is 22.5. The molecule has 7 aromatic rings. The zero-order valence-electron chi connectivity index (χ0n) is 43.4. The minimum atomic E-state index is -1.92. The Morgan fingerprint density at radius 3 is 1.47 bits per heavy atom. The van der Waals surface area contributed by atoms with Gasteiger partial charge in [0, 0.05) is 14.9 Å². The Labute approximate surface area is 433 Å². The molecule has 0 fully saturated rings. The second-order valence-corrected chi connectivity index (χ2v) is 24.1. The van der Waals surface area contributed by atoms with Gasteiger partial charge in [-0.3, -0.25) is 9.59 Å². The summed E-state index contributed by atoms with van der Waals surface area (Å²) < 4.78 is 15.2. The van der Waals surface area contributed by atoms with Crippen LogP contribution in [0.1, 0.15) is 165 Å². The second kappa shape index (κ2) is 19.4. The summed E-state index contributed by atoms with van der Waals surface area (Å²) in [5.74, 6) is -0.958. The number of carbonyl (C=O) groups is 2. The van der Waals surface area contributed by atoms with Crippen LogP contribution in [0.15, 0.2) is 130 Å². The smallest absolute Gasteiger partial charge is 0.329 e. The van der Waals surface area contributed by atoms with Gasteiger partial charge in [0.05, 0.1) is 0 Å². The molecule has 1 unspecified atom stereocenters. The summed E-state index contributed by atoms with van der Waals surface area (Å²) in [6.45, 7) is 28.8. The lowest BCUT2D eigenvalue weighted by Gasteiger charge is -2.43. The molecule has 70 heavy (non-hydrogen) atoms. The van der Waals surface area contributed by atoms with Crippen molar-refractivity contribution in [3.63, 3.8) is 0 Å². The third kappa shape index (κ3) is 9.72. The van der Waals surface area contributed by atoms with Gasteiger partial charge in [-0.1, -0.05) is 184 Å². The lowest BCUT2D eigenvalue weighted by atomic mass is 9.61. The van der Waals surface area contributed by atoms with E-state index >= 15 is 9.59 Å². The van der Waals surface area contributed by atoms with Crippen LogP contribution >= 0.6 is 31.9 Å². The highest BCUT2D eigenvalue weighted by Gasteiger charge is 2.60. The first-order chi connectivity index (χ1) is 32.9. The van der Waals surface area contributed by atoms with Gasteiger partial charge in [-0.15, -0.1) is 0 Å². The summed E-state index contributed by atoms with van der Waals surface area (Å²) in [7, 11) is 0. The third-order valence-electron chi connectivity index (χ3n) is 13.7. The molecular formula is C64H68Br2O4. The van der Waals surface area contributed by atoms with Crippen molar-refractivity contribution in [1.82, 2.24) is 0 Å². The van der Waals surface area contributed by atoms with Crippen LogP contribution in [0.25, 0.3) is 61.0 Å². The molecule has 1 aliphatic carbocycles. The van der Waals surface area contributed by atoms with Gasteiger partial charge in [-0.25, -0.2) is 0 Å². The molecule has 7 aromatic carbocycles. The van der Waals surface area contributed by atoms with Crippen molar-refractivity contribution in [2.45, 2.75) is 143 Å². The molecule has 0 bridgehead atoms. The number of rotatable bonds is 10. The Morgan fingerprint density at radius 2 is 0.957 bits per heavy atom. The average molecular weight is 1060 g/mol. The molecule has 0 heterocycles. The van der Waals surface area contributed by atoms with Crippen LogP contribution in [0.4, 0.5) is 0 Å². The van der Waals surface area contributed by atoms with Gasteiger partial charge in [0.2, 0.25) is 5.41 Å². The summed E-state index contributed by atoms with van der Waals surface area (Å²) in [4.78, 5) is 31.3. The number of ether oxygens (including phenoxy) is 2. The summed E-state index contributed by atoms with van der Waals surface area (Å²) in [6, 6.07) is 41.5. The summed E-state index contributed by atoms with van der Waals surface area (Å²) >= 11 is 7.90. The van der Waals surface area contributed by atoms with Gasteiger partial charge in [0.25, 0.3) is 0 Å². The van der Waals surface area contributed by atoms with Crippen LogP contribution in [0.3, 0.4) is 0 Å². The molecule has 6 heteroatoms. The number of halogens is 2. The SMILES string of the molecule is CC(C)c1cc(-c2ccc3cccc(-c4ccc5ccc(-c6cccc7c6C(C(=O)OC(C)(C)C)(C(=O)OC(C)(C)C)C(c6cc(C(C)C)c(Br)c(C(C)C)c6)C=C7)cc5c4)c3c2)cc(C(C)C)c1Br. The van der Waals surface area contributed by atoms with Crippen molar-refractivity contribution in [3.05, 3.63) is 169 Å². The van der Waals surface area contributed by atoms with Crippen LogP contribution < -0.4 is 0 Å². The van der Waals surface area contributed by atoms with Crippen molar-refractivity contribution in [2.24, 2.45) is 0 Å². The largest absolute Gasteiger partial charge is 0.459 e. The molecule has 0 amide bonds. The van der Waals surface area contributed by atoms with E-state index in [-0.39, 0.29) is 11.8 Å². The van der Waals surface area contributed by atoms with E-state index in [1.807, 2.05) is 65.8 Å². The highest BCUT2D eigenvalue weighted by atomic mass is 79.9. The van der Waals surface area contributed by atoms with Gasteiger partial charge >= 0.3 is 11.9 Å². The zero-order valence-corrected chi connectivity index (χ0v) is 46.6. The van der Waals surface area contributed by atoms with Crippen LogP contribution in [0.5, 0.6) is 0 Å². The van der Waals surface area contributed by atoms with E-state index < -0.39 is 34.5 Å². The predicted molar refractivity (Wildman–Crippen MR) is 301 cm³/mol. The van der Waals surface area contributed by atoms with Crippen molar-refractivity contribution in [1.29, 1.82) is 0 Å². The number of carbonyl (C=O) groups excluding carboxylic acids is 2. The maximum atomic E-state index is 15.7. The molecule has 0 saturated heterocycles. The number of fused-ring (bicyclic) bond motifs is 3. The highest BCUT2D eigenvalue weighted by Crippen LogP contribution is 2.53. The predicted octanol–water partition coefficient (Wildman–Crippen LogP) is 18.7. The van der Waals surface area contributed by atoms with E-state index in [9.17, 15) is 0 Å². The quantitative estimate of drug-likeness (QED) is 0.101. The summed E-state index contributed by atoms with van der Waals surface area (Å²) in [6.07, 6.45) is 4.08. The van der Waals surface area contributed by atoms with Crippen LogP contribution in [-0.2, 0) is 24.5 Å². The lowest BCUT2D eigenvalue weighted by molar-refractivity contribution is -0.178. The Hall–Kier alpha value is -5.30. The maximum Gasteiger partial charge on any atom is 0.329 e. The van der Waals surface area contributed by atoms with E-state index in [2.05, 4.69) is 190 Å².